The van der Waals surface area contributed by atoms with Gasteiger partial charge in [0.15, 0.2) is 5.58 Å². The van der Waals surface area contributed by atoms with Crippen LogP contribution in [0.4, 0.5) is 5.69 Å². The zero-order chi connectivity index (χ0) is 13.6. The molecule has 0 bridgehead atoms. The van der Waals surface area contributed by atoms with Gasteiger partial charge in [-0.3, -0.25) is 0 Å². The van der Waals surface area contributed by atoms with E-state index < -0.39 is 0 Å². The lowest BCUT2D eigenvalue weighted by molar-refractivity contribution is 0.618. The first kappa shape index (κ1) is 12.5. The van der Waals surface area contributed by atoms with E-state index in [-0.39, 0.29) is 0 Å². The molecule has 96 valence electrons. The first-order chi connectivity index (χ1) is 9.04. The van der Waals surface area contributed by atoms with Gasteiger partial charge >= 0.3 is 0 Å². The Morgan fingerprint density at radius 2 is 2.05 bits per heavy atom. The first-order valence-corrected chi connectivity index (χ1v) is 6.84. The third kappa shape index (κ3) is 2.22. The van der Waals surface area contributed by atoms with Crippen molar-refractivity contribution in [1.29, 1.82) is 0 Å². The molecule has 0 saturated carbocycles. The van der Waals surface area contributed by atoms with E-state index in [1.54, 1.807) is 12.1 Å². The zero-order valence-electron chi connectivity index (χ0n) is 10.1. The number of nitrogen functional groups attached to an aromatic ring is 1. The van der Waals surface area contributed by atoms with Crippen LogP contribution in [0.3, 0.4) is 0 Å². The van der Waals surface area contributed by atoms with Crippen LogP contribution in [0.15, 0.2) is 39.2 Å². The summed E-state index contributed by atoms with van der Waals surface area (Å²) in [6.07, 6.45) is 0. The average Bonchev–Trinajstić information content (AvgIpc) is 2.76. The SMILES string of the molecule is Cc1cc(Br)c2oc(-c3ccc(Cl)c(N)c3)nc2c1. The summed E-state index contributed by atoms with van der Waals surface area (Å²) in [5.41, 5.74) is 9.78. The van der Waals surface area contributed by atoms with E-state index in [1.165, 1.54) is 0 Å². The summed E-state index contributed by atoms with van der Waals surface area (Å²) < 4.78 is 6.67. The number of nitrogens with zero attached hydrogens (tertiary/aromatic N) is 1. The largest absolute Gasteiger partial charge is 0.435 e. The van der Waals surface area contributed by atoms with Crippen LogP contribution in [0.5, 0.6) is 0 Å². The smallest absolute Gasteiger partial charge is 0.227 e. The fraction of sp³-hybridized carbons (Fsp3) is 0.0714. The highest BCUT2D eigenvalue weighted by Crippen LogP contribution is 2.32. The zero-order valence-corrected chi connectivity index (χ0v) is 12.4. The summed E-state index contributed by atoms with van der Waals surface area (Å²) in [6.45, 7) is 2.01. The summed E-state index contributed by atoms with van der Waals surface area (Å²) in [6, 6.07) is 9.30. The number of oxazole rings is 1. The number of halogens is 2. The first-order valence-electron chi connectivity index (χ1n) is 5.66. The number of aryl methyl sites for hydroxylation is 1. The van der Waals surface area contributed by atoms with Gasteiger partial charge in [-0.15, -0.1) is 0 Å². The monoisotopic (exact) mass is 336 g/mol. The Hall–Kier alpha value is -1.52. The third-order valence-electron chi connectivity index (χ3n) is 2.83. The number of nitrogens with two attached hydrogens (primary N) is 1. The fourth-order valence-electron chi connectivity index (χ4n) is 1.92. The van der Waals surface area contributed by atoms with Crippen molar-refractivity contribution in [3.05, 3.63) is 45.4 Å². The van der Waals surface area contributed by atoms with E-state index >= 15 is 0 Å². The molecule has 2 aromatic carbocycles. The number of hydrogen-bond acceptors (Lipinski definition) is 3. The van der Waals surface area contributed by atoms with Crippen molar-refractivity contribution in [2.24, 2.45) is 0 Å². The van der Waals surface area contributed by atoms with Crippen molar-refractivity contribution in [1.82, 2.24) is 4.98 Å². The maximum atomic E-state index is 5.91. The number of benzene rings is 2. The summed E-state index contributed by atoms with van der Waals surface area (Å²) in [7, 11) is 0. The lowest BCUT2D eigenvalue weighted by atomic mass is 10.2. The average molecular weight is 338 g/mol. The van der Waals surface area contributed by atoms with E-state index in [4.69, 9.17) is 21.8 Å². The highest BCUT2D eigenvalue weighted by molar-refractivity contribution is 9.10. The van der Waals surface area contributed by atoms with Crippen molar-refractivity contribution in [2.45, 2.75) is 6.92 Å². The standard InChI is InChI=1S/C14H10BrClN2O/c1-7-4-9(15)13-12(5-7)18-14(19-13)8-2-3-10(16)11(17)6-8/h2-6H,17H2,1H3. The van der Waals surface area contributed by atoms with Crippen LogP contribution in [-0.2, 0) is 0 Å². The lowest BCUT2D eigenvalue weighted by Crippen LogP contribution is -1.87. The number of aromatic nitrogens is 1. The van der Waals surface area contributed by atoms with Crippen molar-refractivity contribution in [3.63, 3.8) is 0 Å². The van der Waals surface area contributed by atoms with E-state index in [2.05, 4.69) is 20.9 Å². The highest BCUT2D eigenvalue weighted by Gasteiger charge is 2.12. The topological polar surface area (TPSA) is 52.0 Å². The van der Waals surface area contributed by atoms with Crippen LogP contribution in [0.25, 0.3) is 22.6 Å². The molecule has 0 atom stereocenters. The molecule has 5 heteroatoms. The molecule has 1 aromatic heterocycles. The van der Waals surface area contributed by atoms with E-state index in [0.29, 0.717) is 16.6 Å². The minimum atomic E-state index is 0.511. The number of hydrogen-bond donors (Lipinski definition) is 1. The predicted octanol–water partition coefficient (Wildman–Crippen LogP) is 4.80. The second-order valence-electron chi connectivity index (χ2n) is 4.35. The fourth-order valence-corrected chi connectivity index (χ4v) is 2.69. The molecule has 0 radical (unpaired) electrons. The van der Waals surface area contributed by atoms with Gasteiger partial charge < -0.3 is 10.2 Å². The van der Waals surface area contributed by atoms with Crippen LogP contribution in [0, 0.1) is 6.92 Å². The maximum Gasteiger partial charge on any atom is 0.227 e. The summed E-state index contributed by atoms with van der Waals surface area (Å²) >= 11 is 9.39. The molecule has 19 heavy (non-hydrogen) atoms. The van der Waals surface area contributed by atoms with Crippen LogP contribution in [0.1, 0.15) is 5.56 Å². The second-order valence-corrected chi connectivity index (χ2v) is 5.61. The minimum absolute atomic E-state index is 0.511. The number of anilines is 1. The molecule has 0 unspecified atom stereocenters. The van der Waals surface area contributed by atoms with Gasteiger partial charge in [0.2, 0.25) is 5.89 Å². The van der Waals surface area contributed by atoms with Crippen LogP contribution in [0.2, 0.25) is 5.02 Å². The molecular formula is C14H10BrClN2O. The quantitative estimate of drug-likeness (QED) is 0.649. The van der Waals surface area contributed by atoms with Crippen molar-refractivity contribution < 1.29 is 4.42 Å². The molecule has 2 N–H and O–H groups in total. The molecule has 0 fully saturated rings. The Labute approximate surface area is 123 Å². The second kappa shape index (κ2) is 4.54. The molecule has 1 heterocycles. The van der Waals surface area contributed by atoms with Gasteiger partial charge in [0, 0.05) is 5.56 Å². The molecule has 3 nitrogen and oxygen atoms in total. The summed E-state index contributed by atoms with van der Waals surface area (Å²) in [5, 5.41) is 0.525. The van der Waals surface area contributed by atoms with Crippen molar-refractivity contribution in [2.75, 3.05) is 5.73 Å². The van der Waals surface area contributed by atoms with Crippen LogP contribution >= 0.6 is 27.5 Å². The predicted molar refractivity (Wildman–Crippen MR) is 81.3 cm³/mol. The lowest BCUT2D eigenvalue weighted by Gasteiger charge is -1.99. The van der Waals surface area contributed by atoms with E-state index in [9.17, 15) is 0 Å². The molecule has 0 aliphatic rings. The number of fused-ring (bicyclic) bond motifs is 1. The molecule has 0 aliphatic carbocycles. The van der Waals surface area contributed by atoms with E-state index in [1.807, 2.05) is 25.1 Å². The maximum absolute atomic E-state index is 5.91. The summed E-state index contributed by atoms with van der Waals surface area (Å²) in [5.74, 6) is 0.532. The van der Waals surface area contributed by atoms with Crippen molar-refractivity contribution >= 4 is 44.3 Å². The van der Waals surface area contributed by atoms with Gasteiger partial charge in [0.25, 0.3) is 0 Å². The van der Waals surface area contributed by atoms with Gasteiger partial charge in [-0.05, 0) is 58.7 Å². The van der Waals surface area contributed by atoms with Gasteiger partial charge in [-0.25, -0.2) is 4.98 Å². The van der Waals surface area contributed by atoms with Gasteiger partial charge in [-0.2, -0.15) is 0 Å². The van der Waals surface area contributed by atoms with Crippen molar-refractivity contribution in [3.8, 4) is 11.5 Å². The molecule has 0 spiro atoms. The Kier molecular flexibility index (Phi) is 2.99. The molecule has 0 aliphatic heterocycles. The molecule has 0 saturated heterocycles. The van der Waals surface area contributed by atoms with E-state index in [0.717, 1.165) is 26.7 Å². The Balaban J connectivity index is 2.20. The molecule has 3 rings (SSSR count). The summed E-state index contributed by atoms with van der Waals surface area (Å²) in [4.78, 5) is 4.48. The Morgan fingerprint density at radius 1 is 1.26 bits per heavy atom. The number of rotatable bonds is 1. The third-order valence-corrected chi connectivity index (χ3v) is 3.77. The Bertz CT molecular complexity index is 782. The normalized spacial score (nSPS) is 11.1. The van der Waals surface area contributed by atoms with Gasteiger partial charge in [0.05, 0.1) is 15.2 Å². The van der Waals surface area contributed by atoms with Gasteiger partial charge in [-0.1, -0.05) is 11.6 Å². The van der Waals surface area contributed by atoms with Crippen LogP contribution < -0.4 is 5.73 Å². The van der Waals surface area contributed by atoms with Crippen LogP contribution in [-0.4, -0.2) is 4.98 Å². The molecule has 3 aromatic rings. The highest BCUT2D eigenvalue weighted by atomic mass is 79.9. The Morgan fingerprint density at radius 3 is 2.79 bits per heavy atom. The minimum Gasteiger partial charge on any atom is -0.435 e. The van der Waals surface area contributed by atoms with Gasteiger partial charge in [0.1, 0.15) is 5.52 Å². The molecule has 0 amide bonds. The molecular weight excluding hydrogens is 328 g/mol.